The van der Waals surface area contributed by atoms with Crippen molar-refractivity contribution >= 4 is 11.9 Å². The third-order valence-electron chi connectivity index (χ3n) is 5.09. The number of hydrogen-bond acceptors (Lipinski definition) is 4. The second-order valence-electron chi connectivity index (χ2n) is 7.34. The number of fused-ring (bicyclic) bond motifs is 1. The van der Waals surface area contributed by atoms with Crippen molar-refractivity contribution in [2.24, 2.45) is 0 Å². The van der Waals surface area contributed by atoms with Crippen LogP contribution in [0.1, 0.15) is 50.4 Å². The molecule has 6 nitrogen and oxygen atoms in total. The Balaban J connectivity index is 0.00000280. The molecule has 0 fully saturated rings. The number of carbonyl (C=O) groups excluding carboxylic acids is 1. The molecule has 1 aliphatic heterocycles. The Morgan fingerprint density at radius 2 is 1.75 bits per heavy atom. The molecule has 1 aromatic carbocycles. The lowest BCUT2D eigenvalue weighted by Gasteiger charge is -2.30. The summed E-state index contributed by atoms with van der Waals surface area (Å²) >= 11 is 0. The van der Waals surface area contributed by atoms with E-state index in [2.05, 4.69) is 49.9 Å². The van der Waals surface area contributed by atoms with E-state index in [0.717, 1.165) is 67.4 Å². The maximum absolute atomic E-state index is 11.9. The molecule has 0 spiro atoms. The number of benzene rings is 1. The molecule has 152 valence electrons. The van der Waals surface area contributed by atoms with Gasteiger partial charge in [-0.15, -0.1) is 0 Å². The van der Waals surface area contributed by atoms with Gasteiger partial charge >= 0.3 is 0 Å². The lowest BCUT2D eigenvalue weighted by molar-refractivity contribution is -0.129. The van der Waals surface area contributed by atoms with Gasteiger partial charge in [0.1, 0.15) is 0 Å². The largest absolute Gasteiger partial charge is 0.412 e. The molecule has 2 aromatic rings. The van der Waals surface area contributed by atoms with Crippen molar-refractivity contribution in [2.75, 3.05) is 24.5 Å². The van der Waals surface area contributed by atoms with E-state index in [9.17, 15) is 4.79 Å². The molecule has 0 unspecified atom stereocenters. The maximum Gasteiger partial charge on any atom is 0.226 e. The molecule has 0 radical (unpaired) electrons. The van der Waals surface area contributed by atoms with E-state index in [1.54, 1.807) is 6.92 Å². The molecule has 3 rings (SSSR count). The quantitative estimate of drug-likeness (QED) is 0.766. The van der Waals surface area contributed by atoms with Gasteiger partial charge in [0.15, 0.2) is 0 Å². The second-order valence-corrected chi connectivity index (χ2v) is 7.34. The van der Waals surface area contributed by atoms with Crippen LogP contribution in [-0.4, -0.2) is 45.9 Å². The summed E-state index contributed by atoms with van der Waals surface area (Å²) in [5, 5.41) is 0. The zero-order chi connectivity index (χ0) is 19.4. The van der Waals surface area contributed by atoms with Crippen molar-refractivity contribution in [3.8, 4) is 11.3 Å². The molecular weight excluding hydrogens is 352 g/mol. The predicted octanol–water partition coefficient (Wildman–Crippen LogP) is 3.16. The number of carbonyl (C=O) groups is 1. The molecule has 6 heteroatoms. The van der Waals surface area contributed by atoms with Gasteiger partial charge in [-0.2, -0.15) is 0 Å². The molecule has 0 saturated carbocycles. The van der Waals surface area contributed by atoms with Crippen LogP contribution in [0, 0.1) is 6.92 Å². The first-order valence-corrected chi connectivity index (χ1v) is 10.0. The first kappa shape index (κ1) is 21.8. The molecule has 0 bridgehead atoms. The molecule has 2 heterocycles. The van der Waals surface area contributed by atoms with Crippen LogP contribution in [0.4, 0.5) is 5.95 Å². The topological polar surface area (TPSA) is 80.8 Å². The number of nitrogens with zero attached hydrogens (tertiary/aromatic N) is 4. The Hall–Kier alpha value is -2.47. The molecule has 1 aromatic heterocycles. The normalized spacial score (nSPS) is 12.9. The number of rotatable bonds is 6. The van der Waals surface area contributed by atoms with E-state index >= 15 is 0 Å². The zero-order valence-electron chi connectivity index (χ0n) is 17.5. The van der Waals surface area contributed by atoms with Crippen LogP contribution in [0.3, 0.4) is 0 Å². The summed E-state index contributed by atoms with van der Waals surface area (Å²) in [4.78, 5) is 26.0. The summed E-state index contributed by atoms with van der Waals surface area (Å²) in [6, 6.07) is 8.48. The summed E-state index contributed by atoms with van der Waals surface area (Å²) < 4.78 is 0. The highest BCUT2D eigenvalue weighted by Crippen LogP contribution is 2.30. The fraction of sp³-hybridized carbons (Fsp3) is 0.500. The lowest BCUT2D eigenvalue weighted by atomic mass is 9.98. The Labute approximate surface area is 167 Å². The molecular formula is C22H32N4O2. The fourth-order valence-electron chi connectivity index (χ4n) is 3.61. The van der Waals surface area contributed by atoms with Crippen LogP contribution in [0.15, 0.2) is 24.3 Å². The summed E-state index contributed by atoms with van der Waals surface area (Å²) in [5.41, 5.74) is 5.48. The van der Waals surface area contributed by atoms with Crippen molar-refractivity contribution in [3.63, 3.8) is 0 Å². The predicted molar refractivity (Wildman–Crippen MR) is 113 cm³/mol. The van der Waals surface area contributed by atoms with E-state index in [1.807, 2.05) is 4.90 Å². The van der Waals surface area contributed by atoms with Crippen molar-refractivity contribution in [2.45, 2.75) is 53.5 Å². The molecule has 2 N–H and O–H groups in total. The van der Waals surface area contributed by atoms with E-state index in [0.29, 0.717) is 6.54 Å². The van der Waals surface area contributed by atoms with Crippen LogP contribution >= 0.6 is 0 Å². The number of amides is 1. The van der Waals surface area contributed by atoms with Gasteiger partial charge in [0, 0.05) is 50.7 Å². The van der Waals surface area contributed by atoms with Gasteiger partial charge < -0.3 is 15.3 Å². The smallest absolute Gasteiger partial charge is 0.226 e. The Bertz CT molecular complexity index is 799. The van der Waals surface area contributed by atoms with Gasteiger partial charge in [-0.05, 0) is 19.8 Å². The van der Waals surface area contributed by atoms with Gasteiger partial charge in [-0.3, -0.25) is 4.79 Å². The second kappa shape index (κ2) is 9.64. The van der Waals surface area contributed by atoms with Crippen molar-refractivity contribution in [3.05, 3.63) is 41.1 Å². The highest BCUT2D eigenvalue weighted by molar-refractivity contribution is 5.75. The molecule has 28 heavy (non-hydrogen) atoms. The van der Waals surface area contributed by atoms with Crippen LogP contribution in [0.2, 0.25) is 0 Å². The minimum Gasteiger partial charge on any atom is -0.412 e. The molecule has 0 aliphatic carbocycles. The van der Waals surface area contributed by atoms with E-state index < -0.39 is 0 Å². The first-order valence-electron chi connectivity index (χ1n) is 10.0. The third kappa shape index (κ3) is 4.68. The average molecular weight is 385 g/mol. The van der Waals surface area contributed by atoms with E-state index in [-0.39, 0.29) is 11.4 Å². The Morgan fingerprint density at radius 3 is 2.32 bits per heavy atom. The van der Waals surface area contributed by atoms with Crippen LogP contribution in [0.25, 0.3) is 11.3 Å². The fourth-order valence-corrected chi connectivity index (χ4v) is 3.61. The van der Waals surface area contributed by atoms with Gasteiger partial charge in [-0.25, -0.2) is 9.97 Å². The van der Waals surface area contributed by atoms with Crippen molar-refractivity contribution in [1.82, 2.24) is 14.9 Å². The minimum absolute atomic E-state index is 0. The van der Waals surface area contributed by atoms with Crippen molar-refractivity contribution in [1.29, 1.82) is 0 Å². The number of aromatic nitrogens is 2. The van der Waals surface area contributed by atoms with Gasteiger partial charge in [0.25, 0.3) is 0 Å². The van der Waals surface area contributed by atoms with E-state index in [4.69, 9.17) is 9.97 Å². The highest BCUT2D eigenvalue weighted by atomic mass is 16.2. The summed E-state index contributed by atoms with van der Waals surface area (Å²) in [7, 11) is 0. The Kier molecular flexibility index (Phi) is 7.52. The first-order chi connectivity index (χ1) is 13.0. The molecule has 0 saturated heterocycles. The average Bonchev–Trinajstić information content (AvgIpc) is 2.67. The SMILES string of the molecule is CCCN(CCC)c1nc2c(c(-c3ccc(C)cc3)n1)CN(C(C)=O)CC2.O. The highest BCUT2D eigenvalue weighted by Gasteiger charge is 2.25. The standard InChI is InChI=1S/C22H30N4O.H2O/c1-5-12-25(13-6-2)22-23-20-11-14-26(17(4)27)15-19(20)21(24-22)18-9-7-16(3)8-10-18;/h7-10H,5-6,11-15H2,1-4H3;1H2. The summed E-state index contributed by atoms with van der Waals surface area (Å²) in [6.45, 7) is 11.3. The minimum atomic E-state index is 0. The van der Waals surface area contributed by atoms with Crippen LogP contribution in [0.5, 0.6) is 0 Å². The van der Waals surface area contributed by atoms with Gasteiger partial charge in [0.05, 0.1) is 11.4 Å². The van der Waals surface area contributed by atoms with Crippen molar-refractivity contribution < 1.29 is 10.3 Å². The summed E-state index contributed by atoms with van der Waals surface area (Å²) in [6.07, 6.45) is 2.92. The van der Waals surface area contributed by atoms with Crippen LogP contribution in [-0.2, 0) is 17.8 Å². The van der Waals surface area contributed by atoms with E-state index in [1.165, 1.54) is 5.56 Å². The van der Waals surface area contributed by atoms with Gasteiger partial charge in [-0.1, -0.05) is 43.7 Å². The number of hydrogen-bond donors (Lipinski definition) is 0. The molecule has 0 atom stereocenters. The number of anilines is 1. The summed E-state index contributed by atoms with van der Waals surface area (Å²) in [5.74, 6) is 0.933. The van der Waals surface area contributed by atoms with Crippen LogP contribution < -0.4 is 4.90 Å². The third-order valence-corrected chi connectivity index (χ3v) is 5.09. The lowest BCUT2D eigenvalue weighted by Crippen LogP contribution is -2.36. The monoisotopic (exact) mass is 384 g/mol. The number of aryl methyl sites for hydroxylation is 1. The molecule has 1 amide bonds. The Morgan fingerprint density at radius 1 is 1.11 bits per heavy atom. The van der Waals surface area contributed by atoms with Gasteiger partial charge in [0.2, 0.25) is 11.9 Å². The zero-order valence-corrected chi connectivity index (χ0v) is 17.5. The molecule has 1 aliphatic rings. The maximum atomic E-state index is 11.9.